The van der Waals surface area contributed by atoms with Crippen molar-refractivity contribution < 1.29 is 12.8 Å². The molecule has 1 aliphatic rings. The number of sulfone groups is 1. The van der Waals surface area contributed by atoms with E-state index in [0.717, 1.165) is 25.7 Å². The Labute approximate surface area is 120 Å². The van der Waals surface area contributed by atoms with Gasteiger partial charge in [-0.1, -0.05) is 13.8 Å². The van der Waals surface area contributed by atoms with E-state index in [1.807, 2.05) is 0 Å². The lowest BCUT2D eigenvalue weighted by Crippen LogP contribution is -2.31. The van der Waals surface area contributed by atoms with Crippen LogP contribution in [0.3, 0.4) is 0 Å². The second-order valence-corrected chi connectivity index (χ2v) is 8.75. The average Bonchev–Trinajstić information content (AvgIpc) is 2.75. The van der Waals surface area contributed by atoms with E-state index in [4.69, 9.17) is 0 Å². The van der Waals surface area contributed by atoms with Crippen molar-refractivity contribution >= 4 is 9.84 Å². The van der Waals surface area contributed by atoms with Crippen molar-refractivity contribution in [2.24, 2.45) is 5.41 Å². The fourth-order valence-electron chi connectivity index (χ4n) is 2.77. The van der Waals surface area contributed by atoms with Crippen LogP contribution in [0.15, 0.2) is 12.4 Å². The average molecular weight is 302 g/mol. The Bertz CT molecular complexity index is 541. The zero-order chi connectivity index (χ0) is 14.8. The first-order valence-electron chi connectivity index (χ1n) is 7.11. The van der Waals surface area contributed by atoms with Crippen LogP contribution in [0.2, 0.25) is 0 Å². The molecular formula is C14H23FN2O2S. The molecule has 0 unspecified atom stereocenters. The maximum absolute atomic E-state index is 12.4. The van der Waals surface area contributed by atoms with Gasteiger partial charge in [0.2, 0.25) is 0 Å². The predicted molar refractivity (Wildman–Crippen MR) is 76.9 cm³/mol. The van der Waals surface area contributed by atoms with Gasteiger partial charge in [-0.25, -0.2) is 12.8 Å². The molecule has 6 heteroatoms. The molecule has 20 heavy (non-hydrogen) atoms. The summed E-state index contributed by atoms with van der Waals surface area (Å²) in [6.45, 7) is 4.07. The molecule has 114 valence electrons. The molecule has 1 heterocycles. The fourth-order valence-corrected chi connectivity index (χ4v) is 4.58. The van der Waals surface area contributed by atoms with Crippen LogP contribution in [0.25, 0.3) is 0 Å². The van der Waals surface area contributed by atoms with Crippen molar-refractivity contribution in [1.82, 2.24) is 9.78 Å². The van der Waals surface area contributed by atoms with Crippen LogP contribution in [0.5, 0.6) is 0 Å². The monoisotopic (exact) mass is 302 g/mol. The number of halogens is 1. The molecule has 0 saturated heterocycles. The van der Waals surface area contributed by atoms with E-state index in [-0.39, 0.29) is 23.0 Å². The van der Waals surface area contributed by atoms with Crippen LogP contribution in [-0.2, 0) is 22.1 Å². The Morgan fingerprint density at radius 1 is 1.40 bits per heavy atom. The summed E-state index contributed by atoms with van der Waals surface area (Å²) < 4.78 is 38.5. The third-order valence-electron chi connectivity index (χ3n) is 4.16. The van der Waals surface area contributed by atoms with Gasteiger partial charge in [0.1, 0.15) is 6.67 Å². The molecule has 0 spiro atoms. The number of hydrogen-bond donors (Lipinski definition) is 0. The minimum atomic E-state index is -3.14. The van der Waals surface area contributed by atoms with Crippen LogP contribution in [-0.4, -0.2) is 30.1 Å². The smallest absolute Gasteiger partial charge is 0.157 e. The highest BCUT2D eigenvalue weighted by Gasteiger charge is 2.34. The van der Waals surface area contributed by atoms with Gasteiger partial charge in [0.25, 0.3) is 0 Å². The van der Waals surface area contributed by atoms with E-state index in [1.165, 1.54) is 10.9 Å². The quantitative estimate of drug-likeness (QED) is 0.840. The lowest BCUT2D eigenvalue weighted by atomic mass is 9.77. The minimum absolute atomic E-state index is 0.0182. The predicted octanol–water partition coefficient (Wildman–Crippen LogP) is 2.74. The lowest BCUT2D eigenvalue weighted by Gasteiger charge is -2.33. The van der Waals surface area contributed by atoms with E-state index in [2.05, 4.69) is 18.9 Å². The molecule has 0 N–H and O–H groups in total. The second-order valence-electron chi connectivity index (χ2n) is 6.47. The first-order valence-corrected chi connectivity index (χ1v) is 8.83. The highest BCUT2D eigenvalue weighted by atomic mass is 32.2. The Kier molecular flexibility index (Phi) is 4.52. The van der Waals surface area contributed by atoms with Crippen LogP contribution in [0.4, 0.5) is 4.39 Å². The standard InChI is InChI=1S/C14H23FN2O2S/c1-14(2)5-3-13(4-6-14)20(18,19)11-12-9-16-17(10-12)8-7-15/h9-10,13H,3-8,11H2,1-2H3. The first kappa shape index (κ1) is 15.5. The molecule has 0 aromatic carbocycles. The van der Waals surface area contributed by atoms with Crippen molar-refractivity contribution in [3.8, 4) is 0 Å². The molecule has 1 aromatic rings. The van der Waals surface area contributed by atoms with Gasteiger partial charge in [-0.3, -0.25) is 4.68 Å². The van der Waals surface area contributed by atoms with E-state index in [0.29, 0.717) is 5.56 Å². The van der Waals surface area contributed by atoms with Gasteiger partial charge in [0.05, 0.1) is 23.7 Å². The summed E-state index contributed by atoms with van der Waals surface area (Å²) in [6.07, 6.45) is 6.56. The molecule has 2 rings (SSSR count). The number of aryl methyl sites for hydroxylation is 1. The highest BCUT2D eigenvalue weighted by molar-refractivity contribution is 7.91. The molecule has 0 atom stereocenters. The maximum Gasteiger partial charge on any atom is 0.157 e. The highest BCUT2D eigenvalue weighted by Crippen LogP contribution is 2.38. The maximum atomic E-state index is 12.4. The summed E-state index contributed by atoms with van der Waals surface area (Å²) >= 11 is 0. The molecule has 1 aliphatic carbocycles. The molecule has 0 radical (unpaired) electrons. The minimum Gasteiger partial charge on any atom is -0.270 e. The zero-order valence-electron chi connectivity index (χ0n) is 12.2. The van der Waals surface area contributed by atoms with Gasteiger partial charge in [-0.15, -0.1) is 0 Å². The van der Waals surface area contributed by atoms with E-state index in [1.54, 1.807) is 6.20 Å². The summed E-state index contributed by atoms with van der Waals surface area (Å²) in [6, 6.07) is 0. The summed E-state index contributed by atoms with van der Waals surface area (Å²) in [5.74, 6) is 0.0182. The molecule has 1 saturated carbocycles. The Morgan fingerprint density at radius 3 is 2.65 bits per heavy atom. The van der Waals surface area contributed by atoms with E-state index < -0.39 is 16.5 Å². The van der Waals surface area contributed by atoms with Gasteiger partial charge < -0.3 is 0 Å². The van der Waals surface area contributed by atoms with Crippen molar-refractivity contribution in [3.63, 3.8) is 0 Å². The number of alkyl halides is 1. The van der Waals surface area contributed by atoms with Crippen molar-refractivity contribution in [2.45, 2.75) is 57.1 Å². The van der Waals surface area contributed by atoms with E-state index >= 15 is 0 Å². The molecule has 0 amide bonds. The van der Waals surface area contributed by atoms with Gasteiger partial charge in [-0.05, 0) is 31.1 Å². The van der Waals surface area contributed by atoms with E-state index in [9.17, 15) is 12.8 Å². The fraction of sp³-hybridized carbons (Fsp3) is 0.786. The molecular weight excluding hydrogens is 279 g/mol. The topological polar surface area (TPSA) is 52.0 Å². The normalized spacial score (nSPS) is 20.1. The third-order valence-corrected chi connectivity index (χ3v) is 6.39. The van der Waals surface area contributed by atoms with Crippen molar-refractivity contribution in [3.05, 3.63) is 18.0 Å². The summed E-state index contributed by atoms with van der Waals surface area (Å²) in [4.78, 5) is 0. The number of aromatic nitrogens is 2. The summed E-state index contributed by atoms with van der Waals surface area (Å²) in [5, 5.41) is 3.73. The van der Waals surface area contributed by atoms with Crippen molar-refractivity contribution in [1.29, 1.82) is 0 Å². The van der Waals surface area contributed by atoms with Crippen LogP contribution in [0.1, 0.15) is 45.1 Å². The zero-order valence-corrected chi connectivity index (χ0v) is 13.0. The van der Waals surface area contributed by atoms with Gasteiger partial charge in [0, 0.05) is 11.8 Å². The van der Waals surface area contributed by atoms with Gasteiger partial charge in [-0.2, -0.15) is 5.10 Å². The molecule has 1 aromatic heterocycles. The third kappa shape index (κ3) is 3.81. The Balaban J connectivity index is 2.00. The Hall–Kier alpha value is -0.910. The van der Waals surface area contributed by atoms with Crippen molar-refractivity contribution in [2.75, 3.05) is 6.67 Å². The van der Waals surface area contributed by atoms with Gasteiger partial charge >= 0.3 is 0 Å². The lowest BCUT2D eigenvalue weighted by molar-refractivity contribution is 0.246. The second kappa shape index (κ2) is 5.84. The molecule has 4 nitrogen and oxygen atoms in total. The summed E-state index contributed by atoms with van der Waals surface area (Å²) in [5.41, 5.74) is 0.918. The largest absolute Gasteiger partial charge is 0.270 e. The number of nitrogens with zero attached hydrogens (tertiary/aromatic N) is 2. The number of hydrogen-bond acceptors (Lipinski definition) is 3. The van der Waals surface area contributed by atoms with Crippen LogP contribution in [0, 0.1) is 5.41 Å². The molecule has 0 bridgehead atoms. The number of rotatable bonds is 5. The molecule has 1 fully saturated rings. The summed E-state index contributed by atoms with van der Waals surface area (Å²) in [7, 11) is -3.14. The van der Waals surface area contributed by atoms with Crippen LogP contribution >= 0.6 is 0 Å². The first-order chi connectivity index (χ1) is 9.32. The van der Waals surface area contributed by atoms with Crippen LogP contribution < -0.4 is 0 Å². The molecule has 0 aliphatic heterocycles. The SMILES string of the molecule is CC1(C)CCC(S(=O)(=O)Cc2cnn(CCF)c2)CC1. The Morgan fingerprint density at radius 2 is 2.05 bits per heavy atom. The van der Waals surface area contributed by atoms with Gasteiger partial charge in [0.15, 0.2) is 9.84 Å².